The Morgan fingerprint density at radius 2 is 2.08 bits per heavy atom. The Morgan fingerprint density at radius 3 is 2.80 bits per heavy atom. The van der Waals surface area contributed by atoms with Crippen molar-refractivity contribution in [1.29, 1.82) is 0 Å². The lowest BCUT2D eigenvalue weighted by Crippen LogP contribution is -2.38. The van der Waals surface area contributed by atoms with Gasteiger partial charge in [0.15, 0.2) is 5.96 Å². The number of nitrogens with zero attached hydrogens (tertiary/aromatic N) is 1. The zero-order chi connectivity index (χ0) is 17.0. The lowest BCUT2D eigenvalue weighted by atomic mass is 10.2. The van der Waals surface area contributed by atoms with Gasteiger partial charge in [-0.15, -0.1) is 30.6 Å². The second kappa shape index (κ2) is 12.4. The van der Waals surface area contributed by atoms with Gasteiger partial charge in [-0.05, 0) is 25.1 Å². The van der Waals surface area contributed by atoms with Gasteiger partial charge in [-0.2, -0.15) is 0 Å². The molecule has 1 aromatic carbocycles. The van der Waals surface area contributed by atoms with Crippen molar-refractivity contribution in [2.45, 2.75) is 19.9 Å². The number of guanidine groups is 1. The van der Waals surface area contributed by atoms with E-state index in [4.69, 9.17) is 9.15 Å². The van der Waals surface area contributed by atoms with Crippen molar-refractivity contribution < 1.29 is 9.15 Å². The highest BCUT2D eigenvalue weighted by Gasteiger charge is 2.03. The highest BCUT2D eigenvalue weighted by atomic mass is 127. The maximum absolute atomic E-state index is 5.64. The Labute approximate surface area is 166 Å². The zero-order valence-electron chi connectivity index (χ0n) is 14.5. The topological polar surface area (TPSA) is 58.8 Å². The van der Waals surface area contributed by atoms with E-state index in [0.717, 1.165) is 36.0 Å². The third-order valence-electron chi connectivity index (χ3n) is 3.34. The summed E-state index contributed by atoms with van der Waals surface area (Å²) in [6, 6.07) is 11.8. The summed E-state index contributed by atoms with van der Waals surface area (Å²) in [7, 11) is 0. The predicted octanol–water partition coefficient (Wildman–Crippen LogP) is 3.76. The number of para-hydroxylation sites is 1. The summed E-state index contributed by atoms with van der Waals surface area (Å²) in [6.07, 6.45) is 4.29. The van der Waals surface area contributed by atoms with Gasteiger partial charge in [-0.25, -0.2) is 4.99 Å². The van der Waals surface area contributed by atoms with Crippen LogP contribution in [-0.2, 0) is 13.0 Å². The number of ether oxygens (including phenoxy) is 1. The lowest BCUT2D eigenvalue weighted by molar-refractivity contribution is 0.336. The van der Waals surface area contributed by atoms with Crippen LogP contribution in [0.2, 0.25) is 0 Å². The van der Waals surface area contributed by atoms with Gasteiger partial charge in [0.25, 0.3) is 0 Å². The van der Waals surface area contributed by atoms with Crippen molar-refractivity contribution in [3.8, 4) is 5.75 Å². The van der Waals surface area contributed by atoms with Crippen LogP contribution in [0.5, 0.6) is 5.75 Å². The Balaban J connectivity index is 0.00000312. The van der Waals surface area contributed by atoms with Crippen LogP contribution in [0.4, 0.5) is 0 Å². The molecule has 5 nitrogen and oxygen atoms in total. The lowest BCUT2D eigenvalue weighted by Gasteiger charge is -2.12. The Morgan fingerprint density at radius 1 is 1.24 bits per heavy atom. The first-order valence-corrected chi connectivity index (χ1v) is 8.19. The largest absolute Gasteiger partial charge is 0.494 e. The third-order valence-corrected chi connectivity index (χ3v) is 3.34. The molecule has 0 radical (unpaired) electrons. The van der Waals surface area contributed by atoms with Crippen LogP contribution < -0.4 is 15.4 Å². The molecule has 0 saturated heterocycles. The van der Waals surface area contributed by atoms with Gasteiger partial charge in [0, 0.05) is 25.1 Å². The maximum atomic E-state index is 5.64. The molecule has 25 heavy (non-hydrogen) atoms. The number of hydrogen-bond donors (Lipinski definition) is 2. The number of nitrogens with one attached hydrogen (secondary N) is 2. The summed E-state index contributed by atoms with van der Waals surface area (Å²) in [5.74, 6) is 2.57. The van der Waals surface area contributed by atoms with E-state index in [-0.39, 0.29) is 24.0 Å². The standard InChI is InChI=1S/C19H25N3O2.HI/c1-3-12-20-19(21-13-11-17-9-7-14-24-17)22-15-16-8-5-6-10-18(16)23-4-2;/h3,5-10,14H,1,4,11-13,15H2,2H3,(H2,20,21,22);1H. The number of rotatable bonds is 9. The summed E-state index contributed by atoms with van der Waals surface area (Å²) in [5.41, 5.74) is 1.06. The third kappa shape index (κ3) is 7.64. The van der Waals surface area contributed by atoms with Gasteiger partial charge in [0.2, 0.25) is 0 Å². The molecule has 0 aliphatic carbocycles. The summed E-state index contributed by atoms with van der Waals surface area (Å²) in [4.78, 5) is 4.63. The van der Waals surface area contributed by atoms with Gasteiger partial charge < -0.3 is 19.8 Å². The van der Waals surface area contributed by atoms with E-state index >= 15 is 0 Å². The van der Waals surface area contributed by atoms with Crippen LogP contribution in [0, 0.1) is 0 Å². The second-order valence-electron chi connectivity index (χ2n) is 5.13. The first-order valence-electron chi connectivity index (χ1n) is 8.19. The Hall–Kier alpha value is -1.96. The molecule has 0 aliphatic heterocycles. The van der Waals surface area contributed by atoms with Crippen LogP contribution >= 0.6 is 24.0 Å². The molecule has 0 bridgehead atoms. The van der Waals surface area contributed by atoms with Crippen molar-refractivity contribution in [2.75, 3.05) is 19.7 Å². The summed E-state index contributed by atoms with van der Waals surface area (Å²) >= 11 is 0. The number of aliphatic imine (C=N–C) groups is 1. The van der Waals surface area contributed by atoms with Gasteiger partial charge >= 0.3 is 0 Å². The SMILES string of the molecule is C=CCNC(=NCc1ccccc1OCC)NCCc1ccco1.I. The van der Waals surface area contributed by atoms with Gasteiger partial charge in [0.1, 0.15) is 11.5 Å². The quantitative estimate of drug-likeness (QED) is 0.262. The van der Waals surface area contributed by atoms with E-state index in [2.05, 4.69) is 22.2 Å². The molecule has 1 heterocycles. The summed E-state index contributed by atoms with van der Waals surface area (Å²) in [5, 5.41) is 6.53. The minimum Gasteiger partial charge on any atom is -0.494 e. The minimum absolute atomic E-state index is 0. The monoisotopic (exact) mass is 455 g/mol. The van der Waals surface area contributed by atoms with E-state index in [0.29, 0.717) is 19.7 Å². The van der Waals surface area contributed by atoms with Gasteiger partial charge in [-0.1, -0.05) is 24.3 Å². The molecule has 0 unspecified atom stereocenters. The Bertz CT molecular complexity index is 642. The highest BCUT2D eigenvalue weighted by Crippen LogP contribution is 2.18. The maximum Gasteiger partial charge on any atom is 0.191 e. The second-order valence-corrected chi connectivity index (χ2v) is 5.13. The van der Waals surface area contributed by atoms with E-state index in [1.807, 2.05) is 43.3 Å². The molecule has 2 rings (SSSR count). The van der Waals surface area contributed by atoms with Crippen molar-refractivity contribution in [1.82, 2.24) is 10.6 Å². The van der Waals surface area contributed by atoms with Gasteiger partial charge in [-0.3, -0.25) is 0 Å². The van der Waals surface area contributed by atoms with Crippen molar-refractivity contribution in [3.63, 3.8) is 0 Å². The average molecular weight is 455 g/mol. The van der Waals surface area contributed by atoms with Crippen LogP contribution in [0.1, 0.15) is 18.2 Å². The normalized spacial score (nSPS) is 10.7. The van der Waals surface area contributed by atoms with Crippen molar-refractivity contribution >= 4 is 29.9 Å². The molecule has 2 N–H and O–H groups in total. The number of halogens is 1. The van der Waals surface area contributed by atoms with Crippen molar-refractivity contribution in [3.05, 3.63) is 66.6 Å². The van der Waals surface area contributed by atoms with Crippen LogP contribution in [0.3, 0.4) is 0 Å². The molecular weight excluding hydrogens is 429 g/mol. The average Bonchev–Trinajstić information content (AvgIpc) is 3.11. The molecule has 0 atom stereocenters. The highest BCUT2D eigenvalue weighted by molar-refractivity contribution is 14.0. The van der Waals surface area contributed by atoms with Crippen LogP contribution in [0.15, 0.2) is 64.7 Å². The van der Waals surface area contributed by atoms with Crippen LogP contribution in [0.25, 0.3) is 0 Å². The molecule has 0 saturated carbocycles. The van der Waals surface area contributed by atoms with E-state index in [1.165, 1.54) is 0 Å². The summed E-state index contributed by atoms with van der Waals surface area (Å²) in [6.45, 7) is 8.29. The van der Waals surface area contributed by atoms with Gasteiger partial charge in [0.05, 0.1) is 19.4 Å². The first-order chi connectivity index (χ1) is 11.8. The molecule has 0 aliphatic rings. The molecule has 0 spiro atoms. The fraction of sp³-hybridized carbons (Fsp3) is 0.316. The van der Waals surface area contributed by atoms with Crippen molar-refractivity contribution in [2.24, 2.45) is 4.99 Å². The Kier molecular flexibility index (Phi) is 10.5. The molecular formula is C19H26IN3O2. The zero-order valence-corrected chi connectivity index (χ0v) is 16.9. The smallest absolute Gasteiger partial charge is 0.191 e. The molecule has 0 fully saturated rings. The molecule has 2 aromatic rings. The predicted molar refractivity (Wildman–Crippen MR) is 113 cm³/mol. The number of benzene rings is 1. The first kappa shape index (κ1) is 21.1. The van der Waals surface area contributed by atoms with Crippen LogP contribution in [-0.4, -0.2) is 25.7 Å². The molecule has 0 amide bonds. The van der Waals surface area contributed by atoms with E-state index in [1.54, 1.807) is 12.3 Å². The summed E-state index contributed by atoms with van der Waals surface area (Å²) < 4.78 is 11.0. The molecule has 1 aromatic heterocycles. The van der Waals surface area contributed by atoms with E-state index in [9.17, 15) is 0 Å². The fourth-order valence-electron chi connectivity index (χ4n) is 2.20. The molecule has 136 valence electrons. The number of hydrogen-bond acceptors (Lipinski definition) is 3. The molecule has 6 heteroatoms. The fourth-order valence-corrected chi connectivity index (χ4v) is 2.20. The van der Waals surface area contributed by atoms with E-state index < -0.39 is 0 Å². The number of furan rings is 1. The minimum atomic E-state index is 0.